The minimum Gasteiger partial charge on any atom is -0.495 e. The Bertz CT molecular complexity index is 586. The number of azo groups is 1. The van der Waals surface area contributed by atoms with E-state index in [9.17, 15) is 0 Å². The Morgan fingerprint density at radius 3 is 2.20 bits per heavy atom. The highest BCUT2D eigenvalue weighted by Crippen LogP contribution is 2.28. The second kappa shape index (κ2) is 6.03. The molecule has 0 aliphatic rings. The molecule has 0 radical (unpaired) electrons. The molecule has 0 aromatic heterocycles. The van der Waals surface area contributed by atoms with Crippen molar-refractivity contribution in [2.24, 2.45) is 10.2 Å². The fourth-order valence-corrected chi connectivity index (χ4v) is 1.67. The number of nitrogen functional groups attached to an aromatic ring is 2. The summed E-state index contributed by atoms with van der Waals surface area (Å²) in [7, 11) is 1.54. The molecule has 0 heterocycles. The molecule has 5 N–H and O–H groups in total. The maximum Gasteiger partial charge on any atom is 0.143 e. The number of hydrogen-bond donors (Lipinski definition) is 3. The van der Waals surface area contributed by atoms with E-state index >= 15 is 0 Å². The normalized spacial score (nSPS) is 10.9. The summed E-state index contributed by atoms with van der Waals surface area (Å²) in [6.07, 6.45) is 0. The molecule has 0 saturated heterocycles. The van der Waals surface area contributed by atoms with Crippen LogP contribution in [0.2, 0.25) is 0 Å². The zero-order valence-electron chi connectivity index (χ0n) is 11.1. The number of hydrogen-bond acceptors (Lipinski definition) is 6. The van der Waals surface area contributed by atoms with E-state index in [2.05, 4.69) is 10.2 Å². The summed E-state index contributed by atoms with van der Waals surface area (Å²) >= 11 is 0. The molecule has 2 aromatic rings. The van der Waals surface area contributed by atoms with Crippen LogP contribution < -0.4 is 16.2 Å². The summed E-state index contributed by atoms with van der Waals surface area (Å²) in [6, 6.07) is 10.2. The molecule has 6 heteroatoms. The van der Waals surface area contributed by atoms with Gasteiger partial charge in [-0.1, -0.05) is 0 Å². The van der Waals surface area contributed by atoms with Crippen LogP contribution in [0.3, 0.4) is 0 Å². The summed E-state index contributed by atoms with van der Waals surface area (Å²) in [6.45, 7) is -0.134. The fraction of sp³-hybridized carbons (Fsp3) is 0.143. The largest absolute Gasteiger partial charge is 0.495 e. The lowest BCUT2D eigenvalue weighted by atomic mass is 10.2. The van der Waals surface area contributed by atoms with Crippen molar-refractivity contribution in [3.05, 3.63) is 42.0 Å². The van der Waals surface area contributed by atoms with Crippen molar-refractivity contribution in [1.82, 2.24) is 0 Å². The lowest BCUT2D eigenvalue weighted by Gasteiger charge is -2.04. The SMILES string of the molecule is COc1cc(N=Nc2ccc(N)c(CO)c2)ccc1N. The zero-order chi connectivity index (χ0) is 14.5. The lowest BCUT2D eigenvalue weighted by Crippen LogP contribution is -1.92. The number of ether oxygens (including phenoxy) is 1. The molecule has 0 amide bonds. The van der Waals surface area contributed by atoms with Gasteiger partial charge in [-0.05, 0) is 30.3 Å². The second-order valence-corrected chi connectivity index (χ2v) is 4.17. The van der Waals surface area contributed by atoms with Crippen LogP contribution in [-0.2, 0) is 6.61 Å². The van der Waals surface area contributed by atoms with Crippen molar-refractivity contribution in [3.8, 4) is 5.75 Å². The van der Waals surface area contributed by atoms with E-state index in [0.717, 1.165) is 0 Å². The molecule has 0 atom stereocenters. The molecular formula is C14H16N4O2. The van der Waals surface area contributed by atoms with Crippen LogP contribution in [0, 0.1) is 0 Å². The molecular weight excluding hydrogens is 256 g/mol. The van der Waals surface area contributed by atoms with Gasteiger partial charge in [0.15, 0.2) is 0 Å². The molecule has 2 rings (SSSR count). The van der Waals surface area contributed by atoms with Crippen LogP contribution in [0.5, 0.6) is 5.75 Å². The Morgan fingerprint density at radius 2 is 1.60 bits per heavy atom. The van der Waals surface area contributed by atoms with Crippen molar-refractivity contribution >= 4 is 22.7 Å². The minimum absolute atomic E-state index is 0.134. The third kappa shape index (κ3) is 3.04. The first-order chi connectivity index (χ1) is 9.63. The third-order valence-electron chi connectivity index (χ3n) is 2.79. The summed E-state index contributed by atoms with van der Waals surface area (Å²) in [5.74, 6) is 0.551. The van der Waals surface area contributed by atoms with Gasteiger partial charge in [-0.15, -0.1) is 0 Å². The van der Waals surface area contributed by atoms with E-state index in [1.807, 2.05) is 0 Å². The van der Waals surface area contributed by atoms with E-state index in [1.54, 1.807) is 43.5 Å². The van der Waals surface area contributed by atoms with Crippen LogP contribution in [0.1, 0.15) is 5.56 Å². The molecule has 20 heavy (non-hydrogen) atoms. The summed E-state index contributed by atoms with van der Waals surface area (Å²) in [5.41, 5.74) is 14.3. The van der Waals surface area contributed by atoms with Gasteiger partial charge in [0, 0.05) is 17.3 Å². The average Bonchev–Trinajstić information content (AvgIpc) is 2.47. The molecule has 2 aromatic carbocycles. The van der Waals surface area contributed by atoms with Crippen molar-refractivity contribution in [2.75, 3.05) is 18.6 Å². The minimum atomic E-state index is -0.134. The van der Waals surface area contributed by atoms with Crippen molar-refractivity contribution in [2.45, 2.75) is 6.61 Å². The maximum atomic E-state index is 9.14. The summed E-state index contributed by atoms with van der Waals surface area (Å²) in [4.78, 5) is 0. The van der Waals surface area contributed by atoms with Gasteiger partial charge in [-0.25, -0.2) is 0 Å². The highest BCUT2D eigenvalue weighted by Gasteiger charge is 2.01. The van der Waals surface area contributed by atoms with Gasteiger partial charge in [-0.3, -0.25) is 0 Å². The molecule has 6 nitrogen and oxygen atoms in total. The first-order valence-electron chi connectivity index (χ1n) is 5.98. The zero-order valence-corrected chi connectivity index (χ0v) is 11.1. The molecule has 0 unspecified atom stereocenters. The van der Waals surface area contributed by atoms with Gasteiger partial charge in [0.1, 0.15) is 5.75 Å². The number of aliphatic hydroxyl groups excluding tert-OH is 1. The highest BCUT2D eigenvalue weighted by atomic mass is 16.5. The van der Waals surface area contributed by atoms with E-state index in [-0.39, 0.29) is 6.61 Å². The molecule has 0 aliphatic heterocycles. The van der Waals surface area contributed by atoms with Crippen LogP contribution >= 0.6 is 0 Å². The van der Waals surface area contributed by atoms with E-state index in [1.165, 1.54) is 0 Å². The standard InChI is InChI=1S/C14H16N4O2/c1-20-14-7-11(3-5-13(14)16)18-17-10-2-4-12(15)9(6-10)8-19/h2-7,19H,8,15-16H2,1H3. The fourth-order valence-electron chi connectivity index (χ4n) is 1.67. The first kappa shape index (κ1) is 13.8. The maximum absolute atomic E-state index is 9.14. The molecule has 0 fully saturated rings. The Balaban J connectivity index is 2.25. The van der Waals surface area contributed by atoms with Crippen molar-refractivity contribution in [1.29, 1.82) is 0 Å². The number of nitrogens with two attached hydrogens (primary N) is 2. The Labute approximate surface area is 116 Å². The van der Waals surface area contributed by atoms with Crippen LogP contribution in [-0.4, -0.2) is 12.2 Å². The van der Waals surface area contributed by atoms with Gasteiger partial charge in [-0.2, -0.15) is 10.2 Å². The Kier molecular flexibility index (Phi) is 4.17. The second-order valence-electron chi connectivity index (χ2n) is 4.17. The van der Waals surface area contributed by atoms with Crippen molar-refractivity contribution < 1.29 is 9.84 Å². The number of benzene rings is 2. The van der Waals surface area contributed by atoms with Crippen LogP contribution in [0.25, 0.3) is 0 Å². The van der Waals surface area contributed by atoms with Gasteiger partial charge < -0.3 is 21.3 Å². The first-order valence-corrected chi connectivity index (χ1v) is 5.98. The Hall–Kier alpha value is -2.60. The van der Waals surface area contributed by atoms with Crippen LogP contribution in [0.15, 0.2) is 46.6 Å². The third-order valence-corrected chi connectivity index (χ3v) is 2.79. The lowest BCUT2D eigenvalue weighted by molar-refractivity contribution is 0.282. The van der Waals surface area contributed by atoms with Crippen molar-refractivity contribution in [3.63, 3.8) is 0 Å². The predicted octanol–water partition coefficient (Wildman–Crippen LogP) is 2.77. The van der Waals surface area contributed by atoms with E-state index in [4.69, 9.17) is 21.3 Å². The monoisotopic (exact) mass is 272 g/mol. The smallest absolute Gasteiger partial charge is 0.143 e. The molecule has 104 valence electrons. The number of aliphatic hydroxyl groups is 1. The number of rotatable bonds is 4. The van der Waals surface area contributed by atoms with Gasteiger partial charge >= 0.3 is 0 Å². The predicted molar refractivity (Wildman–Crippen MR) is 78.4 cm³/mol. The van der Waals surface area contributed by atoms with E-state index < -0.39 is 0 Å². The quantitative estimate of drug-likeness (QED) is 0.587. The Morgan fingerprint density at radius 1 is 1.00 bits per heavy atom. The average molecular weight is 272 g/mol. The summed E-state index contributed by atoms with van der Waals surface area (Å²) < 4.78 is 5.11. The van der Waals surface area contributed by atoms with Gasteiger partial charge in [0.05, 0.1) is 30.8 Å². The molecule has 0 aliphatic carbocycles. The number of methoxy groups -OCH3 is 1. The molecule has 0 spiro atoms. The van der Waals surface area contributed by atoms with Gasteiger partial charge in [0.2, 0.25) is 0 Å². The number of anilines is 2. The number of nitrogens with zero attached hydrogens (tertiary/aromatic N) is 2. The highest BCUT2D eigenvalue weighted by molar-refractivity contribution is 5.59. The summed E-state index contributed by atoms with van der Waals surface area (Å²) in [5, 5.41) is 17.3. The van der Waals surface area contributed by atoms with Gasteiger partial charge in [0.25, 0.3) is 0 Å². The van der Waals surface area contributed by atoms with E-state index in [0.29, 0.717) is 34.1 Å². The topological polar surface area (TPSA) is 106 Å². The molecule has 0 saturated carbocycles. The van der Waals surface area contributed by atoms with Crippen LogP contribution in [0.4, 0.5) is 22.7 Å². The molecule has 0 bridgehead atoms.